The van der Waals surface area contributed by atoms with Gasteiger partial charge in [0.2, 0.25) is 0 Å². The average Bonchev–Trinajstić information content (AvgIpc) is 3.19. The number of benzene rings is 1. The first kappa shape index (κ1) is 26.3. The molecule has 4 heteroatoms. The lowest BCUT2D eigenvalue weighted by Crippen LogP contribution is -2.51. The van der Waals surface area contributed by atoms with Gasteiger partial charge in [-0.2, -0.15) is 0 Å². The maximum Gasteiger partial charge on any atom is 0.192 e. The third-order valence-corrected chi connectivity index (χ3v) is 14.5. The van der Waals surface area contributed by atoms with Crippen LogP contribution in [0.4, 0.5) is 0 Å². The van der Waals surface area contributed by atoms with Gasteiger partial charge in [-0.1, -0.05) is 64.0 Å². The predicted molar refractivity (Wildman–Crippen MR) is 151 cm³/mol. The molecule has 0 spiro atoms. The predicted octanol–water partition coefficient (Wildman–Crippen LogP) is 8.79. The molecule has 2 aliphatic rings. The summed E-state index contributed by atoms with van der Waals surface area (Å²) in [7, 11) is -0.154. The van der Waals surface area contributed by atoms with E-state index in [1.807, 2.05) is 6.26 Å². The minimum atomic E-state index is -1.91. The second-order valence-electron chi connectivity index (χ2n) is 13.1. The summed E-state index contributed by atoms with van der Waals surface area (Å²) in [5.74, 6) is 0.642. The third kappa shape index (κ3) is 4.57. The van der Waals surface area contributed by atoms with E-state index in [0.717, 1.165) is 25.7 Å². The van der Waals surface area contributed by atoms with E-state index in [1.165, 1.54) is 22.9 Å². The van der Waals surface area contributed by atoms with Crippen LogP contribution < -0.4 is 0 Å². The molecule has 3 nitrogen and oxygen atoms in total. The highest BCUT2D eigenvalue weighted by atomic mass is 28.4. The first-order valence-electron chi connectivity index (χ1n) is 13.5. The Balaban J connectivity index is 1.78. The van der Waals surface area contributed by atoms with E-state index in [1.54, 1.807) is 18.3 Å². The molecular weight excluding hydrogens is 446 g/mol. The van der Waals surface area contributed by atoms with Gasteiger partial charge < -0.3 is 14.1 Å². The molecule has 35 heavy (non-hydrogen) atoms. The molecule has 0 fully saturated rings. The van der Waals surface area contributed by atoms with Gasteiger partial charge in [0, 0.05) is 22.5 Å². The Morgan fingerprint density at radius 1 is 1.09 bits per heavy atom. The summed E-state index contributed by atoms with van der Waals surface area (Å²) in [5, 5.41) is 1.56. The number of allylic oxidation sites excluding steroid dienone is 1. The molecule has 192 valence electrons. The SMILES string of the molecule is COC=C[C@]1(C)C2=C(CC[C@H]1O[Si](C)(C)C(C)(C)C)[C@@](C)(Cc1c[nH]c3ccccc13)C(C)CC2. The maximum atomic E-state index is 7.16. The van der Waals surface area contributed by atoms with Crippen LogP contribution in [0.1, 0.15) is 72.8 Å². The fourth-order valence-electron chi connectivity index (χ4n) is 6.36. The van der Waals surface area contributed by atoms with Crippen LogP contribution in [0.25, 0.3) is 10.9 Å². The Hall–Kier alpha value is -1.78. The number of hydrogen-bond acceptors (Lipinski definition) is 2. The van der Waals surface area contributed by atoms with Crippen molar-refractivity contribution < 1.29 is 9.16 Å². The van der Waals surface area contributed by atoms with Gasteiger partial charge in [-0.15, -0.1) is 0 Å². The van der Waals surface area contributed by atoms with Crippen LogP contribution in [-0.4, -0.2) is 26.5 Å². The van der Waals surface area contributed by atoms with Gasteiger partial charge in [-0.3, -0.25) is 0 Å². The minimum Gasteiger partial charge on any atom is -0.505 e. The largest absolute Gasteiger partial charge is 0.505 e. The van der Waals surface area contributed by atoms with Crippen molar-refractivity contribution in [1.29, 1.82) is 0 Å². The molecule has 0 aliphatic heterocycles. The number of aromatic nitrogens is 1. The second-order valence-corrected chi connectivity index (χ2v) is 17.8. The third-order valence-electron chi connectivity index (χ3n) is 9.97. The van der Waals surface area contributed by atoms with Crippen LogP contribution >= 0.6 is 0 Å². The molecular formula is C31H47NO2Si. The molecule has 0 radical (unpaired) electrons. The quantitative estimate of drug-likeness (QED) is 0.248. The van der Waals surface area contributed by atoms with E-state index in [0.29, 0.717) is 5.92 Å². The van der Waals surface area contributed by atoms with Gasteiger partial charge in [-0.25, -0.2) is 0 Å². The van der Waals surface area contributed by atoms with Crippen LogP contribution in [0.5, 0.6) is 0 Å². The topological polar surface area (TPSA) is 34.2 Å². The molecule has 2 aromatic rings. The molecule has 4 atom stereocenters. The van der Waals surface area contributed by atoms with Gasteiger partial charge >= 0.3 is 0 Å². The van der Waals surface area contributed by atoms with E-state index < -0.39 is 8.32 Å². The second kappa shape index (κ2) is 9.26. The number of hydrogen-bond donors (Lipinski definition) is 1. The first-order chi connectivity index (χ1) is 16.3. The van der Waals surface area contributed by atoms with E-state index in [4.69, 9.17) is 9.16 Å². The number of rotatable bonds is 6. The first-order valence-corrected chi connectivity index (χ1v) is 16.4. The summed E-state index contributed by atoms with van der Waals surface area (Å²) < 4.78 is 12.6. The number of nitrogens with one attached hydrogen (secondary N) is 1. The maximum absolute atomic E-state index is 7.16. The van der Waals surface area contributed by atoms with Crippen molar-refractivity contribution in [1.82, 2.24) is 4.98 Å². The molecule has 0 amide bonds. The molecule has 1 unspecified atom stereocenters. The molecule has 1 N–H and O–H groups in total. The highest BCUT2D eigenvalue weighted by molar-refractivity contribution is 6.74. The molecule has 2 aliphatic carbocycles. The Morgan fingerprint density at radius 2 is 1.77 bits per heavy atom. The fourth-order valence-corrected chi connectivity index (χ4v) is 7.79. The summed E-state index contributed by atoms with van der Waals surface area (Å²) in [6, 6.07) is 8.73. The zero-order chi connectivity index (χ0) is 25.6. The van der Waals surface area contributed by atoms with Crippen LogP contribution in [0, 0.1) is 16.7 Å². The van der Waals surface area contributed by atoms with Crippen LogP contribution in [-0.2, 0) is 15.6 Å². The zero-order valence-corrected chi connectivity index (χ0v) is 24.5. The number of para-hydroxylation sites is 1. The summed E-state index contributed by atoms with van der Waals surface area (Å²) in [5.41, 5.74) is 5.98. The number of ether oxygens (including phenoxy) is 1. The Kier molecular flexibility index (Phi) is 6.96. The fraction of sp³-hybridized carbons (Fsp3) is 0.613. The average molecular weight is 494 g/mol. The lowest BCUT2D eigenvalue weighted by atomic mass is 9.54. The number of H-pyrrole nitrogens is 1. The van der Waals surface area contributed by atoms with E-state index >= 15 is 0 Å². The molecule has 0 bridgehead atoms. The van der Waals surface area contributed by atoms with Crippen LogP contribution in [0.15, 0.2) is 53.9 Å². The summed E-state index contributed by atoms with van der Waals surface area (Å²) in [6.07, 6.45) is 12.3. The standard InChI is InChI=1S/C31H47NO2Si/c1-22-14-15-25-26(31(22,6)20-23-21-32-27-13-11-10-12-24(23)27)16-17-28(30(25,5)18-19-33-7)34-35(8,9)29(2,3)4/h10-13,18-19,21-22,28,32H,14-17,20H2,1-9H3/t22?,28-,30-,31+/m1/s1. The molecule has 1 aromatic carbocycles. The Labute approximate surface area is 214 Å². The lowest BCUT2D eigenvalue weighted by molar-refractivity contribution is 0.0635. The van der Waals surface area contributed by atoms with Crippen molar-refractivity contribution in [2.75, 3.05) is 7.11 Å². The van der Waals surface area contributed by atoms with Gasteiger partial charge in [0.15, 0.2) is 8.32 Å². The molecule has 0 saturated carbocycles. The van der Waals surface area contributed by atoms with Gasteiger partial charge in [-0.05, 0) is 86.2 Å². The van der Waals surface area contributed by atoms with Crippen molar-refractivity contribution in [3.63, 3.8) is 0 Å². The number of methoxy groups -OCH3 is 1. The highest BCUT2D eigenvalue weighted by Gasteiger charge is 2.51. The van der Waals surface area contributed by atoms with E-state index in [-0.39, 0.29) is 22.0 Å². The molecule has 1 heterocycles. The van der Waals surface area contributed by atoms with Crippen LogP contribution in [0.3, 0.4) is 0 Å². The molecule has 0 saturated heterocycles. The normalized spacial score (nSPS) is 30.2. The number of aromatic amines is 1. The minimum absolute atomic E-state index is 0.138. The lowest BCUT2D eigenvalue weighted by Gasteiger charge is -2.54. The van der Waals surface area contributed by atoms with Crippen molar-refractivity contribution in [3.05, 3.63) is 59.5 Å². The molecule has 1 aromatic heterocycles. The summed E-state index contributed by atoms with van der Waals surface area (Å²) >= 11 is 0. The van der Waals surface area contributed by atoms with Gasteiger partial charge in [0.05, 0.1) is 19.5 Å². The van der Waals surface area contributed by atoms with Crippen molar-refractivity contribution >= 4 is 19.2 Å². The Morgan fingerprint density at radius 3 is 2.46 bits per heavy atom. The van der Waals surface area contributed by atoms with Crippen molar-refractivity contribution in [3.8, 4) is 0 Å². The van der Waals surface area contributed by atoms with Gasteiger partial charge in [0.25, 0.3) is 0 Å². The Bertz CT molecular complexity index is 1120. The van der Waals surface area contributed by atoms with Gasteiger partial charge in [0.1, 0.15) is 0 Å². The van der Waals surface area contributed by atoms with E-state index in [2.05, 4.69) is 96.2 Å². The number of fused-ring (bicyclic) bond motifs is 1. The highest BCUT2D eigenvalue weighted by Crippen LogP contribution is 2.58. The van der Waals surface area contributed by atoms with E-state index in [9.17, 15) is 0 Å². The summed E-state index contributed by atoms with van der Waals surface area (Å²) in [6.45, 7) is 19.2. The molecule has 4 rings (SSSR count). The zero-order valence-electron chi connectivity index (χ0n) is 23.5. The van der Waals surface area contributed by atoms with Crippen molar-refractivity contribution in [2.45, 2.75) is 97.9 Å². The van der Waals surface area contributed by atoms with Crippen LogP contribution in [0.2, 0.25) is 18.1 Å². The summed E-state index contributed by atoms with van der Waals surface area (Å²) in [4.78, 5) is 3.51. The smallest absolute Gasteiger partial charge is 0.192 e. The van der Waals surface area contributed by atoms with Crippen molar-refractivity contribution in [2.24, 2.45) is 16.7 Å². The monoisotopic (exact) mass is 493 g/mol.